The molecule has 2 nitrogen and oxygen atoms in total. The van der Waals surface area contributed by atoms with Crippen LogP contribution in [-0.4, -0.2) is 36.2 Å². The highest BCUT2D eigenvalue weighted by Crippen LogP contribution is 2.29. The van der Waals surface area contributed by atoms with Crippen molar-refractivity contribution >= 4 is 0 Å². The highest BCUT2D eigenvalue weighted by molar-refractivity contribution is 4.78. The SMILES string of the molecule is CN(CC1CCC1)CC(O)C1CCCCC1. The Bertz CT molecular complexity index is 197. The first-order chi connectivity index (χ1) is 7.75. The third-order valence-electron chi connectivity index (χ3n) is 4.49. The molecule has 1 atom stereocenters. The summed E-state index contributed by atoms with van der Waals surface area (Å²) in [4.78, 5) is 2.35. The average Bonchev–Trinajstić information content (AvgIpc) is 2.25. The fourth-order valence-corrected chi connectivity index (χ4v) is 3.18. The van der Waals surface area contributed by atoms with Gasteiger partial charge in [0, 0.05) is 13.1 Å². The Morgan fingerprint density at radius 2 is 1.75 bits per heavy atom. The average molecular weight is 225 g/mol. The lowest BCUT2D eigenvalue weighted by Crippen LogP contribution is -2.38. The minimum atomic E-state index is -0.0784. The third-order valence-corrected chi connectivity index (χ3v) is 4.49. The zero-order chi connectivity index (χ0) is 11.4. The molecule has 0 heterocycles. The van der Waals surface area contributed by atoms with Crippen molar-refractivity contribution in [1.29, 1.82) is 0 Å². The van der Waals surface area contributed by atoms with E-state index in [0.29, 0.717) is 5.92 Å². The molecule has 0 radical (unpaired) electrons. The molecule has 0 aliphatic heterocycles. The summed E-state index contributed by atoms with van der Waals surface area (Å²) in [5.74, 6) is 1.50. The lowest BCUT2D eigenvalue weighted by molar-refractivity contribution is 0.0468. The van der Waals surface area contributed by atoms with E-state index in [1.54, 1.807) is 0 Å². The van der Waals surface area contributed by atoms with Crippen LogP contribution >= 0.6 is 0 Å². The van der Waals surface area contributed by atoms with Gasteiger partial charge < -0.3 is 10.0 Å². The molecular weight excluding hydrogens is 198 g/mol. The Hall–Kier alpha value is -0.0800. The Morgan fingerprint density at radius 3 is 2.31 bits per heavy atom. The van der Waals surface area contributed by atoms with Gasteiger partial charge in [-0.05, 0) is 44.6 Å². The van der Waals surface area contributed by atoms with E-state index >= 15 is 0 Å². The zero-order valence-electron chi connectivity index (χ0n) is 10.7. The van der Waals surface area contributed by atoms with Crippen molar-refractivity contribution in [2.75, 3.05) is 20.1 Å². The molecule has 2 aliphatic rings. The number of likely N-dealkylation sites (N-methyl/N-ethyl adjacent to an activating group) is 1. The van der Waals surface area contributed by atoms with Crippen LogP contribution in [0.2, 0.25) is 0 Å². The highest BCUT2D eigenvalue weighted by Gasteiger charge is 2.24. The maximum absolute atomic E-state index is 10.2. The molecule has 0 aromatic heterocycles. The Balaban J connectivity index is 1.65. The summed E-state index contributed by atoms with van der Waals surface area (Å²) >= 11 is 0. The van der Waals surface area contributed by atoms with E-state index in [1.807, 2.05) is 0 Å². The maximum atomic E-state index is 10.2. The van der Waals surface area contributed by atoms with E-state index in [4.69, 9.17) is 0 Å². The van der Waals surface area contributed by atoms with E-state index < -0.39 is 0 Å². The molecule has 0 aromatic rings. The van der Waals surface area contributed by atoms with Gasteiger partial charge in [-0.1, -0.05) is 25.7 Å². The number of hydrogen-bond donors (Lipinski definition) is 1. The van der Waals surface area contributed by atoms with E-state index in [9.17, 15) is 5.11 Å². The van der Waals surface area contributed by atoms with Gasteiger partial charge in [-0.25, -0.2) is 0 Å². The molecule has 0 saturated heterocycles. The molecule has 94 valence electrons. The van der Waals surface area contributed by atoms with Gasteiger partial charge in [0.15, 0.2) is 0 Å². The molecule has 1 unspecified atom stereocenters. The molecule has 0 amide bonds. The van der Waals surface area contributed by atoms with Crippen LogP contribution < -0.4 is 0 Å². The zero-order valence-corrected chi connectivity index (χ0v) is 10.7. The Labute approximate surface area is 100 Å². The van der Waals surface area contributed by atoms with Crippen molar-refractivity contribution < 1.29 is 5.11 Å². The minimum Gasteiger partial charge on any atom is -0.392 e. The number of aliphatic hydroxyl groups is 1. The van der Waals surface area contributed by atoms with Crippen molar-refractivity contribution in [3.8, 4) is 0 Å². The van der Waals surface area contributed by atoms with Crippen LogP contribution in [0.4, 0.5) is 0 Å². The summed E-state index contributed by atoms with van der Waals surface area (Å²) in [6.07, 6.45) is 10.7. The number of hydrogen-bond acceptors (Lipinski definition) is 2. The molecule has 2 saturated carbocycles. The highest BCUT2D eigenvalue weighted by atomic mass is 16.3. The number of aliphatic hydroxyl groups excluding tert-OH is 1. The van der Waals surface area contributed by atoms with Crippen LogP contribution in [0, 0.1) is 11.8 Å². The molecule has 2 fully saturated rings. The number of rotatable bonds is 5. The summed E-state index contributed by atoms with van der Waals surface area (Å²) in [6.45, 7) is 2.09. The van der Waals surface area contributed by atoms with Gasteiger partial charge in [0.2, 0.25) is 0 Å². The lowest BCUT2D eigenvalue weighted by Gasteiger charge is -2.33. The van der Waals surface area contributed by atoms with Crippen molar-refractivity contribution in [2.24, 2.45) is 11.8 Å². The first kappa shape index (κ1) is 12.4. The van der Waals surface area contributed by atoms with Crippen LogP contribution in [0.5, 0.6) is 0 Å². The number of nitrogens with zero attached hydrogens (tertiary/aromatic N) is 1. The maximum Gasteiger partial charge on any atom is 0.0695 e. The van der Waals surface area contributed by atoms with Gasteiger partial charge >= 0.3 is 0 Å². The van der Waals surface area contributed by atoms with Crippen LogP contribution in [0.25, 0.3) is 0 Å². The topological polar surface area (TPSA) is 23.5 Å². The largest absolute Gasteiger partial charge is 0.392 e. The standard InChI is InChI=1S/C14H27NO/c1-15(10-12-6-5-7-12)11-14(16)13-8-3-2-4-9-13/h12-14,16H,2-11H2,1H3. The summed E-state index contributed by atoms with van der Waals surface area (Å²) in [6, 6.07) is 0. The monoisotopic (exact) mass is 225 g/mol. The predicted octanol–water partition coefficient (Wildman–Crippen LogP) is 2.66. The quantitative estimate of drug-likeness (QED) is 0.777. The predicted molar refractivity (Wildman–Crippen MR) is 67.4 cm³/mol. The third kappa shape index (κ3) is 3.46. The second-order valence-corrected chi connectivity index (χ2v) is 5.98. The molecule has 0 bridgehead atoms. The van der Waals surface area contributed by atoms with Crippen LogP contribution in [-0.2, 0) is 0 Å². The normalized spacial score (nSPS) is 25.7. The molecule has 2 aliphatic carbocycles. The second-order valence-electron chi connectivity index (χ2n) is 5.98. The molecular formula is C14H27NO. The van der Waals surface area contributed by atoms with E-state index in [2.05, 4.69) is 11.9 Å². The molecule has 2 rings (SSSR count). The van der Waals surface area contributed by atoms with Crippen molar-refractivity contribution in [1.82, 2.24) is 4.90 Å². The second kappa shape index (κ2) is 6.02. The molecule has 2 heteroatoms. The summed E-state index contributed by atoms with van der Waals surface area (Å²) in [7, 11) is 2.17. The Morgan fingerprint density at radius 1 is 1.06 bits per heavy atom. The van der Waals surface area contributed by atoms with E-state index in [-0.39, 0.29) is 6.10 Å². The van der Waals surface area contributed by atoms with Crippen LogP contribution in [0.1, 0.15) is 51.4 Å². The smallest absolute Gasteiger partial charge is 0.0695 e. The van der Waals surface area contributed by atoms with Crippen molar-refractivity contribution in [3.05, 3.63) is 0 Å². The van der Waals surface area contributed by atoms with E-state index in [0.717, 1.165) is 12.5 Å². The van der Waals surface area contributed by atoms with Gasteiger partial charge in [-0.3, -0.25) is 0 Å². The lowest BCUT2D eigenvalue weighted by atomic mass is 9.84. The molecule has 16 heavy (non-hydrogen) atoms. The van der Waals surface area contributed by atoms with Gasteiger partial charge in [0.1, 0.15) is 0 Å². The molecule has 0 spiro atoms. The first-order valence-corrected chi connectivity index (χ1v) is 7.12. The summed E-state index contributed by atoms with van der Waals surface area (Å²) in [5.41, 5.74) is 0. The summed E-state index contributed by atoms with van der Waals surface area (Å²) < 4.78 is 0. The Kier molecular flexibility index (Phi) is 4.66. The first-order valence-electron chi connectivity index (χ1n) is 7.12. The van der Waals surface area contributed by atoms with E-state index in [1.165, 1.54) is 57.9 Å². The fourth-order valence-electron chi connectivity index (χ4n) is 3.18. The molecule has 0 aromatic carbocycles. The van der Waals surface area contributed by atoms with Crippen LogP contribution in [0.15, 0.2) is 0 Å². The summed E-state index contributed by atoms with van der Waals surface area (Å²) in [5, 5.41) is 10.2. The minimum absolute atomic E-state index is 0.0784. The van der Waals surface area contributed by atoms with Gasteiger partial charge in [0.05, 0.1) is 6.10 Å². The van der Waals surface area contributed by atoms with Crippen molar-refractivity contribution in [2.45, 2.75) is 57.5 Å². The van der Waals surface area contributed by atoms with Gasteiger partial charge in [-0.15, -0.1) is 0 Å². The fraction of sp³-hybridized carbons (Fsp3) is 1.00. The molecule has 1 N–H and O–H groups in total. The van der Waals surface area contributed by atoms with Gasteiger partial charge in [0.25, 0.3) is 0 Å². The van der Waals surface area contributed by atoms with Crippen molar-refractivity contribution in [3.63, 3.8) is 0 Å². The van der Waals surface area contributed by atoms with Crippen LogP contribution in [0.3, 0.4) is 0 Å². The van der Waals surface area contributed by atoms with Gasteiger partial charge in [-0.2, -0.15) is 0 Å².